The molecule has 0 bridgehead atoms. The van der Waals surface area contributed by atoms with Crippen LogP contribution in [0.2, 0.25) is 5.02 Å². The van der Waals surface area contributed by atoms with Gasteiger partial charge >= 0.3 is 0 Å². The van der Waals surface area contributed by atoms with Gasteiger partial charge in [-0.15, -0.1) is 0 Å². The van der Waals surface area contributed by atoms with Gasteiger partial charge in [0, 0.05) is 5.02 Å². The molecule has 138 valence electrons. The average molecular weight is 382 g/mol. The van der Waals surface area contributed by atoms with Gasteiger partial charge in [-0.05, 0) is 54.4 Å². The Balaban J connectivity index is 1.62. The highest BCUT2D eigenvalue weighted by Crippen LogP contribution is 2.28. The summed E-state index contributed by atoms with van der Waals surface area (Å²) in [5.74, 6) is 1.29. The number of pyridine rings is 1. The largest absolute Gasteiger partial charge is 0.495 e. The fourth-order valence-electron chi connectivity index (χ4n) is 2.59. The van der Waals surface area contributed by atoms with Gasteiger partial charge in [0.2, 0.25) is 5.91 Å². The topological polar surface area (TPSA) is 63.2 Å². The van der Waals surface area contributed by atoms with E-state index in [4.69, 9.17) is 16.3 Å². The molecule has 0 fully saturated rings. The molecule has 6 heteroatoms. The molecule has 0 unspecified atom stereocenters. The molecular formula is C21H20ClN3O2. The molecule has 27 heavy (non-hydrogen) atoms. The summed E-state index contributed by atoms with van der Waals surface area (Å²) in [4.78, 5) is 16.5. The molecule has 1 aromatic heterocycles. The molecule has 0 aliphatic rings. The fourth-order valence-corrected chi connectivity index (χ4v) is 2.72. The maximum Gasteiger partial charge on any atom is 0.228 e. The summed E-state index contributed by atoms with van der Waals surface area (Å²) < 4.78 is 5.36. The minimum absolute atomic E-state index is 0.111. The van der Waals surface area contributed by atoms with Crippen molar-refractivity contribution in [2.75, 3.05) is 17.7 Å². The number of methoxy groups -OCH3 is 1. The smallest absolute Gasteiger partial charge is 0.228 e. The summed E-state index contributed by atoms with van der Waals surface area (Å²) in [6, 6.07) is 16.7. The van der Waals surface area contributed by atoms with Crippen molar-refractivity contribution in [2.24, 2.45) is 0 Å². The van der Waals surface area contributed by atoms with Gasteiger partial charge < -0.3 is 15.4 Å². The number of ether oxygens (including phenoxy) is 1. The summed E-state index contributed by atoms with van der Waals surface area (Å²) >= 11 is 5.86. The second-order valence-electron chi connectivity index (χ2n) is 6.11. The number of halogens is 1. The molecule has 1 amide bonds. The Hall–Kier alpha value is -3.05. The Kier molecular flexibility index (Phi) is 5.94. The number of carbonyl (C=O) groups is 1. The van der Waals surface area contributed by atoms with Crippen LogP contribution in [-0.4, -0.2) is 18.0 Å². The molecule has 3 rings (SSSR count). The van der Waals surface area contributed by atoms with Gasteiger partial charge in [0.1, 0.15) is 11.6 Å². The fraction of sp³-hybridized carbons (Fsp3) is 0.143. The Bertz CT molecular complexity index is 925. The molecule has 3 aromatic rings. The number of aromatic nitrogens is 1. The Labute approximate surface area is 163 Å². The summed E-state index contributed by atoms with van der Waals surface area (Å²) in [7, 11) is 1.63. The first-order valence-electron chi connectivity index (χ1n) is 8.45. The monoisotopic (exact) mass is 381 g/mol. The van der Waals surface area contributed by atoms with E-state index in [-0.39, 0.29) is 12.3 Å². The van der Waals surface area contributed by atoms with Crippen LogP contribution in [0.4, 0.5) is 17.2 Å². The lowest BCUT2D eigenvalue weighted by Gasteiger charge is -2.12. The van der Waals surface area contributed by atoms with Crippen LogP contribution in [-0.2, 0) is 11.2 Å². The van der Waals surface area contributed by atoms with E-state index in [0.717, 1.165) is 22.6 Å². The number of nitrogens with zero attached hydrogens (tertiary/aromatic N) is 1. The number of anilines is 3. The molecule has 2 N–H and O–H groups in total. The highest BCUT2D eigenvalue weighted by Gasteiger charge is 2.07. The second kappa shape index (κ2) is 8.56. The van der Waals surface area contributed by atoms with E-state index in [2.05, 4.69) is 15.6 Å². The SMILES string of the molecule is COc1ccc(C)cc1Nc1ccc(NC(=O)Cc2ccc(Cl)cc2)cn1. The molecule has 1 heterocycles. The van der Waals surface area contributed by atoms with Crippen LogP contribution in [0.15, 0.2) is 60.8 Å². The van der Waals surface area contributed by atoms with Crippen molar-refractivity contribution >= 4 is 34.7 Å². The molecule has 0 aliphatic carbocycles. The van der Waals surface area contributed by atoms with Gasteiger partial charge in [-0.2, -0.15) is 0 Å². The molecule has 0 saturated heterocycles. The minimum atomic E-state index is -0.111. The zero-order chi connectivity index (χ0) is 19.2. The lowest BCUT2D eigenvalue weighted by Crippen LogP contribution is -2.14. The Morgan fingerprint density at radius 2 is 1.89 bits per heavy atom. The van der Waals surface area contributed by atoms with Gasteiger partial charge in [0.15, 0.2) is 0 Å². The highest BCUT2D eigenvalue weighted by molar-refractivity contribution is 6.30. The highest BCUT2D eigenvalue weighted by atomic mass is 35.5. The van der Waals surface area contributed by atoms with Crippen molar-refractivity contribution in [3.05, 3.63) is 76.9 Å². The van der Waals surface area contributed by atoms with Crippen LogP contribution in [0.1, 0.15) is 11.1 Å². The number of hydrogen-bond donors (Lipinski definition) is 2. The number of hydrogen-bond acceptors (Lipinski definition) is 4. The summed E-state index contributed by atoms with van der Waals surface area (Å²) in [5.41, 5.74) is 3.49. The van der Waals surface area contributed by atoms with Gasteiger partial charge in [-0.1, -0.05) is 29.8 Å². The maximum atomic E-state index is 12.2. The van der Waals surface area contributed by atoms with Gasteiger partial charge in [-0.3, -0.25) is 4.79 Å². The van der Waals surface area contributed by atoms with Gasteiger partial charge in [0.25, 0.3) is 0 Å². The molecule has 5 nitrogen and oxygen atoms in total. The quantitative estimate of drug-likeness (QED) is 0.632. The van der Waals surface area contributed by atoms with Crippen molar-refractivity contribution < 1.29 is 9.53 Å². The number of amides is 1. The predicted molar refractivity (Wildman–Crippen MR) is 109 cm³/mol. The van der Waals surface area contributed by atoms with Gasteiger partial charge in [0.05, 0.1) is 31.1 Å². The molecule has 2 aromatic carbocycles. The third-order valence-corrected chi connectivity index (χ3v) is 4.19. The first kappa shape index (κ1) is 18.7. The zero-order valence-corrected chi connectivity index (χ0v) is 15.9. The van der Waals surface area contributed by atoms with E-state index >= 15 is 0 Å². The molecule has 0 saturated carbocycles. The first-order valence-corrected chi connectivity index (χ1v) is 8.83. The second-order valence-corrected chi connectivity index (χ2v) is 6.55. The van der Waals surface area contributed by atoms with Crippen molar-refractivity contribution in [3.63, 3.8) is 0 Å². The van der Waals surface area contributed by atoms with E-state index in [1.807, 2.05) is 37.3 Å². The summed E-state index contributed by atoms with van der Waals surface area (Å²) in [5, 5.41) is 6.72. The molecule has 0 aliphatic heterocycles. The van der Waals surface area contributed by atoms with Crippen LogP contribution >= 0.6 is 11.6 Å². The number of rotatable bonds is 6. The average Bonchev–Trinajstić information content (AvgIpc) is 2.65. The van der Waals surface area contributed by atoms with Crippen molar-refractivity contribution in [2.45, 2.75) is 13.3 Å². The summed E-state index contributed by atoms with van der Waals surface area (Å²) in [6.07, 6.45) is 1.89. The Morgan fingerprint density at radius 1 is 1.11 bits per heavy atom. The Morgan fingerprint density at radius 3 is 2.56 bits per heavy atom. The van der Waals surface area contributed by atoms with E-state index in [9.17, 15) is 4.79 Å². The lowest BCUT2D eigenvalue weighted by atomic mass is 10.1. The molecular weight excluding hydrogens is 362 g/mol. The van der Waals surface area contributed by atoms with E-state index in [1.165, 1.54) is 0 Å². The molecule has 0 spiro atoms. The normalized spacial score (nSPS) is 10.3. The number of benzene rings is 2. The maximum absolute atomic E-state index is 12.2. The standard InChI is InChI=1S/C21H20ClN3O2/c1-14-3-9-19(27-2)18(11-14)25-20-10-8-17(13-23-20)24-21(26)12-15-4-6-16(22)7-5-15/h3-11,13H,12H2,1-2H3,(H,23,25)(H,24,26). The van der Waals surface area contributed by atoms with Crippen molar-refractivity contribution in [3.8, 4) is 5.75 Å². The number of nitrogens with one attached hydrogen (secondary N) is 2. The zero-order valence-electron chi connectivity index (χ0n) is 15.1. The predicted octanol–water partition coefficient (Wildman–Crippen LogP) is 4.98. The van der Waals surface area contributed by atoms with E-state index in [1.54, 1.807) is 37.6 Å². The number of carbonyl (C=O) groups excluding carboxylic acids is 1. The lowest BCUT2D eigenvalue weighted by molar-refractivity contribution is -0.115. The van der Waals surface area contributed by atoms with Crippen LogP contribution in [0.3, 0.4) is 0 Å². The third kappa shape index (κ3) is 5.21. The third-order valence-electron chi connectivity index (χ3n) is 3.94. The van der Waals surface area contributed by atoms with E-state index in [0.29, 0.717) is 16.5 Å². The van der Waals surface area contributed by atoms with Gasteiger partial charge in [-0.25, -0.2) is 4.98 Å². The van der Waals surface area contributed by atoms with Crippen molar-refractivity contribution in [1.82, 2.24) is 4.98 Å². The summed E-state index contributed by atoms with van der Waals surface area (Å²) in [6.45, 7) is 2.01. The van der Waals surface area contributed by atoms with E-state index < -0.39 is 0 Å². The van der Waals surface area contributed by atoms with Crippen LogP contribution in [0, 0.1) is 6.92 Å². The first-order chi connectivity index (χ1) is 13.0. The molecule has 0 atom stereocenters. The van der Waals surface area contributed by atoms with Crippen LogP contribution < -0.4 is 15.4 Å². The van der Waals surface area contributed by atoms with Crippen LogP contribution in [0.25, 0.3) is 0 Å². The van der Waals surface area contributed by atoms with Crippen molar-refractivity contribution in [1.29, 1.82) is 0 Å². The van der Waals surface area contributed by atoms with Crippen LogP contribution in [0.5, 0.6) is 5.75 Å². The number of aryl methyl sites for hydroxylation is 1. The minimum Gasteiger partial charge on any atom is -0.495 e. The molecule has 0 radical (unpaired) electrons.